The molecule has 0 bridgehead atoms. The van der Waals surface area contributed by atoms with Crippen molar-refractivity contribution in [3.05, 3.63) is 23.9 Å². The first-order valence-electron chi connectivity index (χ1n) is 5.30. The normalized spacial score (nSPS) is 12.8. The van der Waals surface area contributed by atoms with Crippen molar-refractivity contribution in [2.75, 3.05) is 12.8 Å². The Morgan fingerprint density at radius 3 is 2.75 bits per heavy atom. The second kappa shape index (κ2) is 5.61. The fraction of sp³-hybridized carbons (Fsp3) is 0.500. The summed E-state index contributed by atoms with van der Waals surface area (Å²) in [5.74, 6) is 0.684. The van der Waals surface area contributed by atoms with Crippen molar-refractivity contribution in [2.45, 2.75) is 26.4 Å². The monoisotopic (exact) mass is 222 g/mol. The number of nitrogens with two attached hydrogens (primary N) is 1. The first kappa shape index (κ1) is 12.6. The molecule has 1 aromatic rings. The van der Waals surface area contributed by atoms with Crippen LogP contribution in [0.15, 0.2) is 18.3 Å². The van der Waals surface area contributed by atoms with Gasteiger partial charge in [0.2, 0.25) is 0 Å². The molecule has 0 radical (unpaired) electrons. The minimum Gasteiger partial charge on any atom is -0.384 e. The van der Waals surface area contributed by atoms with E-state index in [1.165, 1.54) is 0 Å². The summed E-state index contributed by atoms with van der Waals surface area (Å²) in [6.07, 6.45) is 1.59. The highest BCUT2D eigenvalue weighted by Crippen LogP contribution is 2.11. The van der Waals surface area contributed by atoms with E-state index in [2.05, 4.69) is 4.98 Å². The first-order valence-corrected chi connectivity index (χ1v) is 5.30. The van der Waals surface area contributed by atoms with Crippen LogP contribution >= 0.6 is 0 Å². The summed E-state index contributed by atoms with van der Waals surface area (Å²) in [5, 5.41) is 0. The van der Waals surface area contributed by atoms with Crippen LogP contribution in [-0.4, -0.2) is 24.0 Å². The lowest BCUT2D eigenvalue weighted by molar-refractivity contribution is -0.130. The van der Waals surface area contributed by atoms with E-state index in [0.29, 0.717) is 12.2 Å². The molecule has 88 valence electrons. The van der Waals surface area contributed by atoms with Gasteiger partial charge < -0.3 is 10.5 Å². The van der Waals surface area contributed by atoms with Gasteiger partial charge in [-0.1, -0.05) is 13.8 Å². The first-order chi connectivity index (χ1) is 7.54. The Labute approximate surface area is 95.8 Å². The van der Waals surface area contributed by atoms with Gasteiger partial charge in [0.15, 0.2) is 5.78 Å². The quantitative estimate of drug-likeness (QED) is 0.818. The number of pyridine rings is 1. The lowest BCUT2D eigenvalue weighted by Crippen LogP contribution is -2.29. The van der Waals surface area contributed by atoms with Crippen molar-refractivity contribution < 1.29 is 9.53 Å². The van der Waals surface area contributed by atoms with E-state index in [4.69, 9.17) is 10.5 Å². The van der Waals surface area contributed by atoms with E-state index in [9.17, 15) is 4.79 Å². The number of Topliss-reactive ketones (excluding diaryl/α,β-unsaturated/α-hetero) is 1. The van der Waals surface area contributed by atoms with E-state index in [-0.39, 0.29) is 17.8 Å². The van der Waals surface area contributed by atoms with Gasteiger partial charge in [-0.3, -0.25) is 4.79 Å². The van der Waals surface area contributed by atoms with Crippen LogP contribution in [0.25, 0.3) is 0 Å². The maximum atomic E-state index is 11.9. The Bertz CT molecular complexity index is 364. The molecular formula is C12H18N2O2. The van der Waals surface area contributed by atoms with Crippen LogP contribution < -0.4 is 5.73 Å². The molecule has 1 heterocycles. The average molecular weight is 222 g/mol. The second-order valence-corrected chi connectivity index (χ2v) is 4.13. The molecule has 16 heavy (non-hydrogen) atoms. The van der Waals surface area contributed by atoms with Crippen LogP contribution in [0.5, 0.6) is 0 Å². The van der Waals surface area contributed by atoms with Crippen LogP contribution in [-0.2, 0) is 16.0 Å². The number of nitrogen functional groups attached to an aromatic ring is 1. The zero-order chi connectivity index (χ0) is 12.1. The number of rotatable bonds is 5. The van der Waals surface area contributed by atoms with Gasteiger partial charge in [-0.05, 0) is 23.6 Å². The Hall–Kier alpha value is -1.42. The molecule has 0 spiro atoms. The number of hydrogen-bond acceptors (Lipinski definition) is 4. The molecule has 0 amide bonds. The Balaban J connectivity index is 2.70. The number of ketones is 1. The summed E-state index contributed by atoms with van der Waals surface area (Å²) in [5.41, 5.74) is 6.42. The zero-order valence-electron chi connectivity index (χ0n) is 9.93. The number of hydrogen-bond donors (Lipinski definition) is 1. The molecule has 0 aliphatic carbocycles. The van der Waals surface area contributed by atoms with Gasteiger partial charge in [-0.25, -0.2) is 4.98 Å². The number of nitrogens with zero attached hydrogens (tertiary/aromatic N) is 1. The molecule has 0 fully saturated rings. The number of anilines is 1. The molecule has 0 aliphatic rings. The van der Waals surface area contributed by atoms with Gasteiger partial charge in [0.05, 0.1) is 0 Å². The van der Waals surface area contributed by atoms with Gasteiger partial charge >= 0.3 is 0 Å². The molecule has 1 rings (SSSR count). The third-order valence-electron chi connectivity index (χ3n) is 2.40. The molecule has 0 aromatic carbocycles. The molecule has 1 atom stereocenters. The molecule has 0 saturated carbocycles. The van der Waals surface area contributed by atoms with E-state index in [1.807, 2.05) is 13.8 Å². The molecule has 4 nitrogen and oxygen atoms in total. The van der Waals surface area contributed by atoms with Crippen LogP contribution in [0, 0.1) is 5.92 Å². The number of aromatic nitrogens is 1. The smallest absolute Gasteiger partial charge is 0.166 e. The molecule has 0 aliphatic heterocycles. The summed E-state index contributed by atoms with van der Waals surface area (Å²) in [7, 11) is 1.56. The Morgan fingerprint density at radius 2 is 2.25 bits per heavy atom. The largest absolute Gasteiger partial charge is 0.384 e. The number of methoxy groups -OCH3 is 1. The summed E-state index contributed by atoms with van der Waals surface area (Å²) in [4.78, 5) is 15.8. The topological polar surface area (TPSA) is 65.2 Å². The number of carbonyl (C=O) groups excluding carboxylic acids is 1. The van der Waals surface area contributed by atoms with Crippen molar-refractivity contribution in [1.82, 2.24) is 4.98 Å². The van der Waals surface area contributed by atoms with Crippen LogP contribution in [0.2, 0.25) is 0 Å². The van der Waals surface area contributed by atoms with E-state index in [1.54, 1.807) is 25.4 Å². The molecule has 4 heteroatoms. The van der Waals surface area contributed by atoms with Crippen molar-refractivity contribution in [3.8, 4) is 0 Å². The van der Waals surface area contributed by atoms with Gasteiger partial charge in [-0.2, -0.15) is 0 Å². The van der Waals surface area contributed by atoms with Crippen LogP contribution in [0.3, 0.4) is 0 Å². The van der Waals surface area contributed by atoms with Crippen LogP contribution in [0.1, 0.15) is 19.4 Å². The van der Waals surface area contributed by atoms with Crippen molar-refractivity contribution in [1.29, 1.82) is 0 Å². The maximum Gasteiger partial charge on any atom is 0.166 e. The summed E-state index contributed by atoms with van der Waals surface area (Å²) >= 11 is 0. The standard InChI is InChI=1S/C12H18N2O2/c1-8(2)12(16-3)10(15)6-9-4-5-14-11(13)7-9/h4-5,7-8,12H,6H2,1-3H3,(H2,13,14). The predicted molar refractivity (Wildman–Crippen MR) is 63.0 cm³/mol. The number of ether oxygens (including phenoxy) is 1. The third kappa shape index (κ3) is 3.31. The van der Waals surface area contributed by atoms with Gasteiger partial charge in [0.25, 0.3) is 0 Å². The predicted octanol–water partition coefficient (Wildman–Crippen LogP) is 1.45. The minimum absolute atomic E-state index is 0.0723. The highest BCUT2D eigenvalue weighted by Gasteiger charge is 2.21. The average Bonchev–Trinajstić information content (AvgIpc) is 2.17. The van der Waals surface area contributed by atoms with Crippen molar-refractivity contribution >= 4 is 11.6 Å². The van der Waals surface area contributed by atoms with E-state index in [0.717, 1.165) is 5.56 Å². The van der Waals surface area contributed by atoms with Crippen molar-refractivity contribution in [3.63, 3.8) is 0 Å². The van der Waals surface area contributed by atoms with E-state index >= 15 is 0 Å². The molecule has 2 N–H and O–H groups in total. The maximum absolute atomic E-state index is 11.9. The summed E-state index contributed by atoms with van der Waals surface area (Å²) < 4.78 is 5.18. The lowest BCUT2D eigenvalue weighted by Gasteiger charge is -2.17. The fourth-order valence-electron chi connectivity index (χ4n) is 1.68. The van der Waals surface area contributed by atoms with E-state index < -0.39 is 0 Å². The summed E-state index contributed by atoms with van der Waals surface area (Å²) in [6, 6.07) is 3.51. The number of carbonyl (C=O) groups is 1. The zero-order valence-corrected chi connectivity index (χ0v) is 9.93. The highest BCUT2D eigenvalue weighted by molar-refractivity contribution is 5.85. The SMILES string of the molecule is COC(C(=O)Cc1ccnc(N)c1)C(C)C. The Morgan fingerprint density at radius 1 is 1.56 bits per heavy atom. The Kier molecular flexibility index (Phi) is 4.43. The fourth-order valence-corrected chi connectivity index (χ4v) is 1.68. The highest BCUT2D eigenvalue weighted by atomic mass is 16.5. The van der Waals surface area contributed by atoms with Gasteiger partial charge in [0, 0.05) is 19.7 Å². The minimum atomic E-state index is -0.352. The van der Waals surface area contributed by atoms with Crippen LogP contribution in [0.4, 0.5) is 5.82 Å². The molecule has 0 saturated heterocycles. The van der Waals surface area contributed by atoms with Gasteiger partial charge in [0.1, 0.15) is 11.9 Å². The van der Waals surface area contributed by atoms with Crippen molar-refractivity contribution in [2.24, 2.45) is 5.92 Å². The summed E-state index contributed by atoms with van der Waals surface area (Å²) in [6.45, 7) is 3.93. The molecule has 1 unspecified atom stereocenters. The van der Waals surface area contributed by atoms with Gasteiger partial charge in [-0.15, -0.1) is 0 Å². The molecular weight excluding hydrogens is 204 g/mol. The lowest BCUT2D eigenvalue weighted by atomic mass is 9.98. The second-order valence-electron chi connectivity index (χ2n) is 4.13. The third-order valence-corrected chi connectivity index (χ3v) is 2.40. The molecule has 1 aromatic heterocycles.